The van der Waals surface area contributed by atoms with Crippen molar-refractivity contribution in [2.24, 2.45) is 0 Å². The fourth-order valence-electron chi connectivity index (χ4n) is 4.79. The van der Waals surface area contributed by atoms with E-state index in [0.29, 0.717) is 13.1 Å². The smallest absolute Gasteiger partial charge is 0.309 e. The predicted molar refractivity (Wildman–Crippen MR) is 135 cm³/mol. The molecular formula is C27H36N4O4. The first-order valence-corrected chi connectivity index (χ1v) is 12.5. The second-order valence-corrected chi connectivity index (χ2v) is 9.08. The molecule has 1 aromatic carbocycles. The van der Waals surface area contributed by atoms with Crippen molar-refractivity contribution in [1.29, 1.82) is 0 Å². The number of amides is 2. The number of nitrogens with zero attached hydrogens (tertiary/aromatic N) is 2. The summed E-state index contributed by atoms with van der Waals surface area (Å²) in [5.41, 5.74) is 2.54. The van der Waals surface area contributed by atoms with Crippen molar-refractivity contribution in [3.05, 3.63) is 60.1 Å². The summed E-state index contributed by atoms with van der Waals surface area (Å²) in [4.78, 5) is 29.4. The standard InChI is InChI=1S/C27H36N4O4/c1-34-23-11-9-22(10-12-23)30-15-17-31(18-16-30)24(25-8-5-19-35-25)20-29-27(33)26(32)28-14-13-21-6-3-2-4-7-21/h5-6,8-12,19,24H,2-4,7,13-18,20H2,1H3,(H,28,32)(H,29,33)/t24-/m1/s1. The normalized spacial score (nSPS) is 17.4. The molecule has 8 nitrogen and oxygen atoms in total. The molecule has 1 aliphatic heterocycles. The molecular weight excluding hydrogens is 444 g/mol. The van der Waals surface area contributed by atoms with Crippen LogP contribution < -0.4 is 20.3 Å². The molecule has 0 radical (unpaired) electrons. The van der Waals surface area contributed by atoms with Gasteiger partial charge in [-0.2, -0.15) is 0 Å². The van der Waals surface area contributed by atoms with E-state index in [2.05, 4.69) is 38.6 Å². The second kappa shape index (κ2) is 12.4. The van der Waals surface area contributed by atoms with Gasteiger partial charge in [0.25, 0.3) is 0 Å². The molecule has 0 unspecified atom stereocenters. The number of piperazine rings is 1. The van der Waals surface area contributed by atoms with E-state index in [4.69, 9.17) is 9.15 Å². The number of anilines is 1. The van der Waals surface area contributed by atoms with Crippen LogP contribution >= 0.6 is 0 Å². The number of furan rings is 1. The first kappa shape index (κ1) is 24.9. The molecule has 4 rings (SSSR count). The van der Waals surface area contributed by atoms with Crippen molar-refractivity contribution in [2.45, 2.75) is 38.1 Å². The predicted octanol–water partition coefficient (Wildman–Crippen LogP) is 3.27. The molecule has 2 amide bonds. The number of hydrogen-bond acceptors (Lipinski definition) is 6. The van der Waals surface area contributed by atoms with Crippen molar-refractivity contribution in [3.63, 3.8) is 0 Å². The Morgan fingerprint density at radius 1 is 1.03 bits per heavy atom. The van der Waals surface area contributed by atoms with Crippen LogP contribution in [0.2, 0.25) is 0 Å². The maximum Gasteiger partial charge on any atom is 0.309 e. The van der Waals surface area contributed by atoms with E-state index in [9.17, 15) is 9.59 Å². The van der Waals surface area contributed by atoms with Crippen LogP contribution in [0.25, 0.3) is 0 Å². The molecule has 0 bridgehead atoms. The van der Waals surface area contributed by atoms with Gasteiger partial charge < -0.3 is 24.7 Å². The minimum absolute atomic E-state index is 0.132. The van der Waals surface area contributed by atoms with Crippen LogP contribution in [-0.2, 0) is 9.59 Å². The van der Waals surface area contributed by atoms with Gasteiger partial charge in [0.05, 0.1) is 19.4 Å². The average Bonchev–Trinajstić information content (AvgIpc) is 3.44. The number of nitrogens with one attached hydrogen (secondary N) is 2. The Kier molecular flexibility index (Phi) is 8.84. The fourth-order valence-corrected chi connectivity index (χ4v) is 4.79. The highest BCUT2D eigenvalue weighted by Crippen LogP contribution is 2.25. The van der Waals surface area contributed by atoms with E-state index in [1.807, 2.05) is 24.3 Å². The molecule has 1 aliphatic carbocycles. The van der Waals surface area contributed by atoms with E-state index >= 15 is 0 Å². The largest absolute Gasteiger partial charge is 0.497 e. The molecule has 35 heavy (non-hydrogen) atoms. The molecule has 2 N–H and O–H groups in total. The minimum Gasteiger partial charge on any atom is -0.497 e. The van der Waals surface area contributed by atoms with Crippen LogP contribution in [0.1, 0.15) is 43.9 Å². The SMILES string of the molecule is COc1ccc(N2CCN([C@H](CNC(=O)C(=O)NCCC3=CCCCC3)c3ccco3)CC2)cc1. The van der Waals surface area contributed by atoms with Crippen molar-refractivity contribution in [3.8, 4) is 5.75 Å². The number of carbonyl (C=O) groups excluding carboxylic acids is 2. The Labute approximate surface area is 207 Å². The Hall–Kier alpha value is -3.26. The maximum atomic E-state index is 12.5. The first-order chi connectivity index (χ1) is 17.1. The lowest BCUT2D eigenvalue weighted by Gasteiger charge is -2.39. The van der Waals surface area contributed by atoms with E-state index in [0.717, 1.165) is 62.6 Å². The van der Waals surface area contributed by atoms with Crippen molar-refractivity contribution in [2.75, 3.05) is 51.3 Å². The van der Waals surface area contributed by atoms with E-state index in [1.165, 1.54) is 18.4 Å². The van der Waals surface area contributed by atoms with Crippen LogP contribution in [0.3, 0.4) is 0 Å². The minimum atomic E-state index is -0.601. The second-order valence-electron chi connectivity index (χ2n) is 9.08. The third kappa shape index (κ3) is 6.88. The average molecular weight is 481 g/mol. The highest BCUT2D eigenvalue weighted by Gasteiger charge is 2.28. The van der Waals surface area contributed by atoms with Gasteiger partial charge in [-0.05, 0) is 68.5 Å². The number of benzene rings is 1. The van der Waals surface area contributed by atoms with Crippen molar-refractivity contribution >= 4 is 17.5 Å². The monoisotopic (exact) mass is 480 g/mol. The molecule has 2 aliphatic rings. The quantitative estimate of drug-likeness (QED) is 0.423. The van der Waals surface area contributed by atoms with Crippen molar-refractivity contribution < 1.29 is 18.7 Å². The summed E-state index contributed by atoms with van der Waals surface area (Å²) in [5.74, 6) is 0.448. The molecule has 1 saturated heterocycles. The van der Waals surface area contributed by atoms with Gasteiger partial charge in [0.15, 0.2) is 0 Å². The van der Waals surface area contributed by atoms with Crippen LogP contribution in [0.5, 0.6) is 5.75 Å². The summed E-state index contributed by atoms with van der Waals surface area (Å²) in [6.07, 6.45) is 9.38. The summed E-state index contributed by atoms with van der Waals surface area (Å²) in [6, 6.07) is 11.7. The number of ether oxygens (including phenoxy) is 1. The first-order valence-electron chi connectivity index (χ1n) is 12.5. The number of carbonyl (C=O) groups is 2. The van der Waals surface area contributed by atoms with Crippen LogP contribution in [0.4, 0.5) is 5.69 Å². The third-order valence-electron chi connectivity index (χ3n) is 6.84. The van der Waals surface area contributed by atoms with Gasteiger partial charge in [0, 0.05) is 45.0 Å². The van der Waals surface area contributed by atoms with E-state index < -0.39 is 11.8 Å². The number of allylic oxidation sites excluding steroid dienone is 1. The molecule has 188 valence electrons. The fraction of sp³-hybridized carbons (Fsp3) is 0.481. The number of rotatable bonds is 9. The zero-order valence-electron chi connectivity index (χ0n) is 20.5. The lowest BCUT2D eigenvalue weighted by molar-refractivity contribution is -0.139. The summed E-state index contributed by atoms with van der Waals surface area (Å²) < 4.78 is 10.9. The zero-order valence-corrected chi connectivity index (χ0v) is 20.5. The third-order valence-corrected chi connectivity index (χ3v) is 6.84. The topological polar surface area (TPSA) is 87.0 Å². The molecule has 0 spiro atoms. The van der Waals surface area contributed by atoms with E-state index in [1.54, 1.807) is 13.4 Å². The number of hydrogen-bond donors (Lipinski definition) is 2. The Balaban J connectivity index is 1.27. The van der Waals surface area contributed by atoms with Crippen LogP contribution in [-0.4, -0.2) is 63.1 Å². The lowest BCUT2D eigenvalue weighted by Crippen LogP contribution is -2.50. The Bertz CT molecular complexity index is 979. The Morgan fingerprint density at radius 3 is 2.46 bits per heavy atom. The highest BCUT2D eigenvalue weighted by molar-refractivity contribution is 6.35. The summed E-state index contributed by atoms with van der Waals surface area (Å²) in [5, 5.41) is 5.57. The van der Waals surface area contributed by atoms with Gasteiger partial charge in [-0.1, -0.05) is 11.6 Å². The number of methoxy groups -OCH3 is 1. The molecule has 8 heteroatoms. The van der Waals surface area contributed by atoms with Gasteiger partial charge in [-0.3, -0.25) is 14.5 Å². The Morgan fingerprint density at radius 2 is 1.80 bits per heavy atom. The van der Waals surface area contributed by atoms with Gasteiger partial charge >= 0.3 is 11.8 Å². The van der Waals surface area contributed by atoms with Gasteiger partial charge in [0.2, 0.25) is 0 Å². The summed E-state index contributed by atoms with van der Waals surface area (Å²) in [6.45, 7) is 4.14. The van der Waals surface area contributed by atoms with E-state index in [-0.39, 0.29) is 6.04 Å². The summed E-state index contributed by atoms with van der Waals surface area (Å²) in [7, 11) is 1.67. The van der Waals surface area contributed by atoms with Crippen LogP contribution in [0.15, 0.2) is 58.7 Å². The molecule has 1 fully saturated rings. The highest BCUT2D eigenvalue weighted by atomic mass is 16.5. The molecule has 2 aromatic rings. The maximum absolute atomic E-state index is 12.5. The zero-order chi connectivity index (χ0) is 24.5. The van der Waals surface area contributed by atoms with Gasteiger partial charge in [-0.15, -0.1) is 0 Å². The van der Waals surface area contributed by atoms with Gasteiger partial charge in [-0.25, -0.2) is 0 Å². The molecule has 1 aromatic heterocycles. The summed E-state index contributed by atoms with van der Waals surface area (Å²) >= 11 is 0. The van der Waals surface area contributed by atoms with Crippen LogP contribution in [0, 0.1) is 0 Å². The molecule has 1 atom stereocenters. The van der Waals surface area contributed by atoms with Crippen molar-refractivity contribution in [1.82, 2.24) is 15.5 Å². The van der Waals surface area contributed by atoms with Gasteiger partial charge in [0.1, 0.15) is 11.5 Å². The molecule has 0 saturated carbocycles. The molecule has 2 heterocycles. The lowest BCUT2D eigenvalue weighted by atomic mass is 9.97.